The summed E-state index contributed by atoms with van der Waals surface area (Å²) in [6.07, 6.45) is 1.89. The molecule has 3 atom stereocenters. The van der Waals surface area contributed by atoms with Crippen molar-refractivity contribution in [2.75, 3.05) is 32.8 Å². The van der Waals surface area contributed by atoms with Gasteiger partial charge in [-0.05, 0) is 50.9 Å². The van der Waals surface area contributed by atoms with Crippen molar-refractivity contribution in [2.45, 2.75) is 90.4 Å². The van der Waals surface area contributed by atoms with Crippen molar-refractivity contribution in [1.82, 2.24) is 31.5 Å². The van der Waals surface area contributed by atoms with Crippen LogP contribution in [0.1, 0.15) is 77.1 Å². The van der Waals surface area contributed by atoms with Crippen LogP contribution in [0.5, 0.6) is 5.75 Å². The van der Waals surface area contributed by atoms with E-state index in [9.17, 15) is 24.0 Å². The van der Waals surface area contributed by atoms with Crippen LogP contribution in [0.15, 0.2) is 24.3 Å². The largest absolute Gasteiger partial charge is 0.491 e. The smallest absolute Gasteiger partial charge is 0.255 e. The van der Waals surface area contributed by atoms with Gasteiger partial charge in [-0.3, -0.25) is 24.0 Å². The summed E-state index contributed by atoms with van der Waals surface area (Å²) in [5.74, 6) is -2.38. The lowest BCUT2D eigenvalue weighted by molar-refractivity contribution is -0.137. The molecule has 1 saturated carbocycles. The maximum atomic E-state index is 13.7. The van der Waals surface area contributed by atoms with Crippen LogP contribution in [-0.4, -0.2) is 90.9 Å². The van der Waals surface area contributed by atoms with Gasteiger partial charge in [0.2, 0.25) is 23.6 Å². The Morgan fingerprint density at radius 3 is 2.37 bits per heavy atom. The Morgan fingerprint density at radius 2 is 1.72 bits per heavy atom. The Hall–Kier alpha value is -3.67. The number of carbonyl (C=O) groups excluding carboxylic acids is 5. The number of carbonyl (C=O) groups is 5. The van der Waals surface area contributed by atoms with Crippen molar-refractivity contribution in [3.8, 4) is 5.75 Å². The quantitative estimate of drug-likeness (QED) is 0.314. The molecule has 1 aromatic rings. The molecule has 0 radical (unpaired) electrons. The molecule has 5 amide bonds. The van der Waals surface area contributed by atoms with Gasteiger partial charge in [-0.25, -0.2) is 0 Å². The van der Waals surface area contributed by atoms with Crippen LogP contribution in [0.4, 0.5) is 0 Å². The predicted octanol–water partition coefficient (Wildman–Crippen LogP) is 1.10. The third kappa shape index (κ3) is 9.16. The summed E-state index contributed by atoms with van der Waals surface area (Å²) >= 11 is 0. The minimum Gasteiger partial charge on any atom is -0.491 e. The fourth-order valence-electron chi connectivity index (χ4n) is 5.52. The maximum Gasteiger partial charge on any atom is 0.255 e. The molecule has 0 unspecified atom stereocenters. The fourth-order valence-corrected chi connectivity index (χ4v) is 5.52. The number of likely N-dealkylation sites (N-methyl/N-ethyl adjacent to an activating group) is 1. The number of nitrogens with zero attached hydrogens (tertiary/aromatic N) is 1. The van der Waals surface area contributed by atoms with E-state index in [-0.39, 0.29) is 36.2 Å². The van der Waals surface area contributed by atoms with Gasteiger partial charge in [-0.2, -0.15) is 0 Å². The van der Waals surface area contributed by atoms with Crippen LogP contribution in [0.2, 0.25) is 0 Å². The zero-order valence-electron chi connectivity index (χ0n) is 26.1. The van der Waals surface area contributed by atoms with E-state index in [0.29, 0.717) is 25.9 Å². The molecule has 12 heteroatoms. The maximum absolute atomic E-state index is 13.7. The van der Waals surface area contributed by atoms with E-state index in [4.69, 9.17) is 4.74 Å². The zero-order chi connectivity index (χ0) is 31.6. The first-order valence-corrected chi connectivity index (χ1v) is 15.4. The second-order valence-corrected chi connectivity index (χ2v) is 11.8. The van der Waals surface area contributed by atoms with Crippen molar-refractivity contribution in [1.29, 1.82) is 0 Å². The molecule has 2 aliphatic rings. The van der Waals surface area contributed by atoms with Gasteiger partial charge in [-0.15, -0.1) is 0 Å². The average molecular weight is 601 g/mol. The number of rotatable bonds is 7. The third-order valence-electron chi connectivity index (χ3n) is 8.15. The highest BCUT2D eigenvalue weighted by Crippen LogP contribution is 2.30. The van der Waals surface area contributed by atoms with Crippen LogP contribution in [0.25, 0.3) is 0 Å². The van der Waals surface area contributed by atoms with Crippen LogP contribution in [-0.2, 0) is 19.2 Å². The monoisotopic (exact) mass is 600 g/mol. The van der Waals surface area contributed by atoms with Crippen molar-refractivity contribution in [3.63, 3.8) is 0 Å². The van der Waals surface area contributed by atoms with Crippen LogP contribution in [0.3, 0.4) is 0 Å². The Balaban J connectivity index is 1.94. The fraction of sp³-hybridized carbons (Fsp3) is 0.645. The van der Waals surface area contributed by atoms with Gasteiger partial charge in [-0.1, -0.05) is 52.7 Å². The molecule has 1 aliphatic carbocycles. The summed E-state index contributed by atoms with van der Waals surface area (Å²) < 4.78 is 5.92. The number of ether oxygens (including phenoxy) is 1. The molecule has 1 heterocycles. The standard InChI is InChI=1S/C31H48N6O6/c1-6-37(7-2)17-16-32-28(40)23-18-25(38)36-31(14-10-11-15-31)30(42)35-26(20(3)4)29(41)33-21(5)19-43-24-13-9-8-12-22(24)27(39)34-23/h8-9,12-13,20-21,23,26H,6-7,10-11,14-19H2,1-5H3,(H,32,40)(H,33,41)(H,34,39)(H,35,42)(H,36,38)/t21-,23-,26+/m0/s1. The Morgan fingerprint density at radius 1 is 1.05 bits per heavy atom. The minimum absolute atomic E-state index is 0.0635. The Labute approximate surface area is 254 Å². The highest BCUT2D eigenvalue weighted by Gasteiger charge is 2.44. The molecule has 5 N–H and O–H groups in total. The molecule has 1 aliphatic heterocycles. The number of hydrogen-bond donors (Lipinski definition) is 5. The number of hydrogen-bond acceptors (Lipinski definition) is 7. The Bertz CT molecular complexity index is 1150. The zero-order valence-corrected chi connectivity index (χ0v) is 26.1. The number of nitrogens with one attached hydrogen (secondary N) is 5. The van der Waals surface area contributed by atoms with Gasteiger partial charge in [0.15, 0.2) is 0 Å². The first kappa shape index (κ1) is 33.8. The summed E-state index contributed by atoms with van der Waals surface area (Å²) in [5, 5.41) is 14.2. The van der Waals surface area contributed by atoms with Crippen LogP contribution < -0.4 is 31.3 Å². The second-order valence-electron chi connectivity index (χ2n) is 11.8. The van der Waals surface area contributed by atoms with Crippen molar-refractivity contribution in [3.05, 3.63) is 29.8 Å². The minimum atomic E-state index is -1.21. The normalized spacial score (nSPS) is 23.5. The highest BCUT2D eigenvalue weighted by molar-refractivity contribution is 6.01. The molecule has 1 aromatic carbocycles. The summed E-state index contributed by atoms with van der Waals surface area (Å²) in [7, 11) is 0. The molecule has 238 valence electrons. The topological polar surface area (TPSA) is 158 Å². The van der Waals surface area contributed by atoms with E-state index in [1.54, 1.807) is 31.2 Å². The van der Waals surface area contributed by atoms with Gasteiger partial charge >= 0.3 is 0 Å². The summed E-state index contributed by atoms with van der Waals surface area (Å²) in [5.41, 5.74) is -1.02. The van der Waals surface area contributed by atoms with E-state index >= 15 is 0 Å². The van der Waals surface area contributed by atoms with Gasteiger partial charge in [0.05, 0.1) is 18.0 Å². The predicted molar refractivity (Wildman–Crippen MR) is 162 cm³/mol. The molecule has 43 heavy (non-hydrogen) atoms. The molecule has 1 spiro atoms. The number of para-hydroxylation sites is 1. The SMILES string of the molecule is CCN(CC)CCNC(=O)[C@@H]1CC(=O)NC2(CCCC2)C(=O)N[C@H](C(C)C)C(=O)N[C@@H](C)COc2ccccc2C(=O)N1. The number of benzene rings is 1. The van der Waals surface area contributed by atoms with E-state index < -0.39 is 47.3 Å². The molecule has 0 aromatic heterocycles. The van der Waals surface area contributed by atoms with Gasteiger partial charge in [0.25, 0.3) is 5.91 Å². The molecule has 1 fully saturated rings. The first-order valence-electron chi connectivity index (χ1n) is 15.4. The number of amides is 5. The van der Waals surface area contributed by atoms with E-state index in [2.05, 4.69) is 31.5 Å². The van der Waals surface area contributed by atoms with Gasteiger partial charge in [0.1, 0.15) is 30.0 Å². The molecular weight excluding hydrogens is 552 g/mol. The van der Waals surface area contributed by atoms with Crippen LogP contribution in [0, 0.1) is 5.92 Å². The molecule has 0 saturated heterocycles. The first-order chi connectivity index (χ1) is 20.5. The average Bonchev–Trinajstić information content (AvgIpc) is 3.45. The highest BCUT2D eigenvalue weighted by atomic mass is 16.5. The molecule has 0 bridgehead atoms. The van der Waals surface area contributed by atoms with Crippen molar-refractivity contribution < 1.29 is 28.7 Å². The van der Waals surface area contributed by atoms with E-state index in [1.807, 2.05) is 27.7 Å². The molecule has 12 nitrogen and oxygen atoms in total. The Kier molecular flexibility index (Phi) is 12.4. The molecule has 3 rings (SSSR count). The third-order valence-corrected chi connectivity index (χ3v) is 8.15. The van der Waals surface area contributed by atoms with E-state index in [0.717, 1.165) is 25.9 Å². The lowest BCUT2D eigenvalue weighted by Crippen LogP contribution is -2.62. The summed E-state index contributed by atoms with van der Waals surface area (Å²) in [6, 6.07) is 4.12. The van der Waals surface area contributed by atoms with Gasteiger partial charge < -0.3 is 36.2 Å². The lowest BCUT2D eigenvalue weighted by atomic mass is 9.93. The number of fused-ring (bicyclic) bond motifs is 1. The van der Waals surface area contributed by atoms with Crippen LogP contribution >= 0.6 is 0 Å². The van der Waals surface area contributed by atoms with E-state index in [1.165, 1.54) is 0 Å². The second kappa shape index (κ2) is 15.7. The summed E-state index contributed by atoms with van der Waals surface area (Å²) in [6.45, 7) is 12.2. The molecular formula is C31H48N6O6. The summed E-state index contributed by atoms with van der Waals surface area (Å²) in [4.78, 5) is 69.3. The van der Waals surface area contributed by atoms with Crippen molar-refractivity contribution in [2.24, 2.45) is 5.92 Å². The van der Waals surface area contributed by atoms with Gasteiger partial charge in [0, 0.05) is 13.1 Å². The lowest BCUT2D eigenvalue weighted by Gasteiger charge is -2.33. The van der Waals surface area contributed by atoms with Crippen molar-refractivity contribution >= 4 is 29.5 Å².